The van der Waals surface area contributed by atoms with Crippen LogP contribution >= 0.6 is 0 Å². The second-order valence-corrected chi connectivity index (χ2v) is 8.57. The summed E-state index contributed by atoms with van der Waals surface area (Å²) in [5.74, 6) is 2.68. The lowest BCUT2D eigenvalue weighted by Gasteiger charge is -2.36. The zero-order valence-electron chi connectivity index (χ0n) is 18.2. The number of nitrogens with zero attached hydrogens (tertiary/aromatic N) is 5. The molecule has 0 bridgehead atoms. The van der Waals surface area contributed by atoms with Crippen molar-refractivity contribution in [2.45, 2.75) is 53.1 Å². The Morgan fingerprint density at radius 1 is 1.29 bits per heavy atom. The maximum absolute atomic E-state index is 5.19. The first kappa shape index (κ1) is 21.1. The summed E-state index contributed by atoms with van der Waals surface area (Å²) in [7, 11) is 0. The highest BCUT2D eigenvalue weighted by Crippen LogP contribution is 2.19. The summed E-state index contributed by atoms with van der Waals surface area (Å²) in [6, 6.07) is 2.63. The second-order valence-electron chi connectivity index (χ2n) is 8.57. The number of rotatable bonds is 7. The van der Waals surface area contributed by atoms with Gasteiger partial charge in [0.25, 0.3) is 0 Å². The fourth-order valence-electron chi connectivity index (χ4n) is 4.27. The van der Waals surface area contributed by atoms with Gasteiger partial charge < -0.3 is 14.7 Å². The third-order valence-corrected chi connectivity index (χ3v) is 5.62. The van der Waals surface area contributed by atoms with E-state index in [0.717, 1.165) is 69.1 Å². The smallest absolute Gasteiger partial charge is 0.194 e. The molecule has 1 aromatic rings. The highest BCUT2D eigenvalue weighted by Gasteiger charge is 2.26. The summed E-state index contributed by atoms with van der Waals surface area (Å²) >= 11 is 0. The third-order valence-electron chi connectivity index (χ3n) is 5.62. The lowest BCUT2D eigenvalue weighted by atomic mass is 10.2. The number of aromatic nitrogens is 1. The molecule has 28 heavy (non-hydrogen) atoms. The molecule has 1 N–H and O–H groups in total. The Balaban J connectivity index is 1.51. The fraction of sp³-hybridized carbons (Fsp3) is 0.810. The lowest BCUT2D eigenvalue weighted by molar-refractivity contribution is 0.168. The molecule has 3 heterocycles. The first-order chi connectivity index (χ1) is 13.5. The highest BCUT2D eigenvalue weighted by atomic mass is 16.5. The molecular weight excluding hydrogens is 352 g/mol. The van der Waals surface area contributed by atoms with Gasteiger partial charge in [0.15, 0.2) is 5.96 Å². The Morgan fingerprint density at radius 2 is 2.07 bits per heavy atom. The van der Waals surface area contributed by atoms with Crippen molar-refractivity contribution < 1.29 is 4.52 Å². The Labute approximate surface area is 170 Å². The maximum Gasteiger partial charge on any atom is 0.194 e. The number of aliphatic imine (C=N–C) groups is 1. The molecule has 2 saturated heterocycles. The monoisotopic (exact) mass is 390 g/mol. The number of aryl methyl sites for hydroxylation is 1. The zero-order chi connectivity index (χ0) is 19.9. The Kier molecular flexibility index (Phi) is 7.73. The Morgan fingerprint density at radius 3 is 2.71 bits per heavy atom. The Bertz CT molecular complexity index is 620. The van der Waals surface area contributed by atoms with Gasteiger partial charge in [0.1, 0.15) is 5.76 Å². The molecule has 0 spiro atoms. The predicted octanol–water partition coefficient (Wildman–Crippen LogP) is 2.19. The summed E-state index contributed by atoms with van der Waals surface area (Å²) in [6.45, 7) is 17.9. The minimum Gasteiger partial charge on any atom is -0.361 e. The minimum absolute atomic E-state index is 0.604. The Hall–Kier alpha value is -1.60. The van der Waals surface area contributed by atoms with E-state index in [2.05, 4.69) is 45.9 Å². The van der Waals surface area contributed by atoms with Gasteiger partial charge in [-0.2, -0.15) is 0 Å². The first-order valence-corrected chi connectivity index (χ1v) is 11.0. The van der Waals surface area contributed by atoms with Crippen LogP contribution in [-0.2, 0) is 6.54 Å². The quantitative estimate of drug-likeness (QED) is 0.569. The van der Waals surface area contributed by atoms with E-state index in [0.29, 0.717) is 6.04 Å². The topological polar surface area (TPSA) is 60.1 Å². The molecule has 0 unspecified atom stereocenters. The van der Waals surface area contributed by atoms with Crippen LogP contribution < -0.4 is 5.32 Å². The molecule has 2 aliphatic rings. The summed E-state index contributed by atoms with van der Waals surface area (Å²) in [6.07, 6.45) is 2.59. The summed E-state index contributed by atoms with van der Waals surface area (Å²) < 4.78 is 5.19. The molecule has 2 fully saturated rings. The molecule has 0 aromatic carbocycles. The molecule has 0 saturated carbocycles. The number of piperazine rings is 1. The van der Waals surface area contributed by atoms with Crippen LogP contribution in [0.2, 0.25) is 0 Å². The van der Waals surface area contributed by atoms with E-state index < -0.39 is 0 Å². The summed E-state index contributed by atoms with van der Waals surface area (Å²) in [4.78, 5) is 12.5. The molecule has 0 amide bonds. The van der Waals surface area contributed by atoms with Crippen molar-refractivity contribution >= 4 is 5.96 Å². The standard InChI is InChI=1S/C21H38N6O/c1-5-22-21(23-14-20-7-6-8-27(20)15-17(2)3)26-11-9-25(10-12-26)16-19-13-18(4)28-24-19/h13,17,20H,5-12,14-16H2,1-4H3,(H,22,23)/t20-/m1/s1. The molecular formula is C21H38N6O. The van der Waals surface area contributed by atoms with E-state index in [-0.39, 0.29) is 0 Å². The maximum atomic E-state index is 5.19. The predicted molar refractivity (Wildman–Crippen MR) is 114 cm³/mol. The molecule has 0 radical (unpaired) electrons. The van der Waals surface area contributed by atoms with Gasteiger partial charge in [-0.3, -0.25) is 14.8 Å². The van der Waals surface area contributed by atoms with E-state index >= 15 is 0 Å². The molecule has 1 aromatic heterocycles. The van der Waals surface area contributed by atoms with Gasteiger partial charge in [-0.1, -0.05) is 19.0 Å². The molecule has 3 rings (SSSR count). The first-order valence-electron chi connectivity index (χ1n) is 11.0. The fourth-order valence-corrected chi connectivity index (χ4v) is 4.27. The van der Waals surface area contributed by atoms with Crippen LogP contribution in [0, 0.1) is 12.8 Å². The van der Waals surface area contributed by atoms with E-state index in [9.17, 15) is 0 Å². The van der Waals surface area contributed by atoms with Gasteiger partial charge in [0.2, 0.25) is 0 Å². The van der Waals surface area contributed by atoms with Gasteiger partial charge in [0.05, 0.1) is 12.2 Å². The SMILES string of the molecule is CCNC(=NC[C@H]1CCCN1CC(C)C)N1CCN(Cc2cc(C)on2)CC1. The van der Waals surface area contributed by atoms with E-state index in [1.54, 1.807) is 0 Å². The second kappa shape index (κ2) is 10.3. The zero-order valence-corrected chi connectivity index (χ0v) is 18.2. The number of likely N-dealkylation sites (tertiary alicyclic amines) is 1. The van der Waals surface area contributed by atoms with E-state index in [1.165, 1.54) is 25.9 Å². The van der Waals surface area contributed by atoms with Crippen LogP contribution in [0.3, 0.4) is 0 Å². The molecule has 2 aliphatic heterocycles. The van der Waals surface area contributed by atoms with Crippen LogP contribution in [0.15, 0.2) is 15.6 Å². The third kappa shape index (κ3) is 5.95. The average Bonchev–Trinajstić information content (AvgIpc) is 3.27. The number of nitrogens with one attached hydrogen (secondary N) is 1. The molecule has 1 atom stereocenters. The van der Waals surface area contributed by atoms with Gasteiger partial charge >= 0.3 is 0 Å². The van der Waals surface area contributed by atoms with Gasteiger partial charge in [-0.25, -0.2) is 0 Å². The number of guanidine groups is 1. The van der Waals surface area contributed by atoms with Crippen molar-refractivity contribution in [1.29, 1.82) is 0 Å². The van der Waals surface area contributed by atoms with Crippen LogP contribution in [0.25, 0.3) is 0 Å². The summed E-state index contributed by atoms with van der Waals surface area (Å²) in [5, 5.41) is 7.63. The molecule has 0 aliphatic carbocycles. The van der Waals surface area contributed by atoms with E-state index in [1.807, 2.05) is 13.0 Å². The van der Waals surface area contributed by atoms with Crippen LogP contribution in [0.1, 0.15) is 45.1 Å². The van der Waals surface area contributed by atoms with Crippen molar-refractivity contribution in [3.63, 3.8) is 0 Å². The van der Waals surface area contributed by atoms with Crippen molar-refractivity contribution in [2.75, 3.05) is 52.4 Å². The van der Waals surface area contributed by atoms with Gasteiger partial charge in [0, 0.05) is 57.9 Å². The lowest BCUT2D eigenvalue weighted by Crippen LogP contribution is -2.52. The van der Waals surface area contributed by atoms with Crippen LogP contribution in [0.5, 0.6) is 0 Å². The van der Waals surface area contributed by atoms with Crippen LogP contribution in [0.4, 0.5) is 0 Å². The highest BCUT2D eigenvalue weighted by molar-refractivity contribution is 5.80. The van der Waals surface area contributed by atoms with Crippen molar-refractivity contribution in [3.05, 3.63) is 17.5 Å². The van der Waals surface area contributed by atoms with Crippen molar-refractivity contribution in [2.24, 2.45) is 10.9 Å². The van der Waals surface area contributed by atoms with E-state index in [4.69, 9.17) is 9.52 Å². The van der Waals surface area contributed by atoms with Crippen molar-refractivity contribution in [3.8, 4) is 0 Å². The van der Waals surface area contributed by atoms with Crippen molar-refractivity contribution in [1.82, 2.24) is 25.2 Å². The summed E-state index contributed by atoms with van der Waals surface area (Å²) in [5.41, 5.74) is 1.03. The molecule has 158 valence electrons. The molecule has 7 nitrogen and oxygen atoms in total. The average molecular weight is 391 g/mol. The van der Waals surface area contributed by atoms with Gasteiger partial charge in [-0.15, -0.1) is 0 Å². The normalized spacial score (nSPS) is 22.4. The number of hydrogen-bond acceptors (Lipinski definition) is 5. The number of hydrogen-bond donors (Lipinski definition) is 1. The van der Waals surface area contributed by atoms with Gasteiger partial charge in [-0.05, 0) is 39.2 Å². The molecule has 7 heteroatoms. The minimum atomic E-state index is 0.604. The largest absolute Gasteiger partial charge is 0.361 e. The van der Waals surface area contributed by atoms with Crippen LogP contribution in [-0.4, -0.2) is 84.2 Å².